The highest BCUT2D eigenvalue weighted by molar-refractivity contribution is 7.99. The first kappa shape index (κ1) is 16.6. The molecule has 0 fully saturated rings. The van der Waals surface area contributed by atoms with Crippen molar-refractivity contribution in [2.24, 2.45) is 0 Å². The summed E-state index contributed by atoms with van der Waals surface area (Å²) in [6, 6.07) is 15.9. The Morgan fingerprint density at radius 3 is 2.58 bits per heavy atom. The van der Waals surface area contributed by atoms with E-state index in [0.29, 0.717) is 17.3 Å². The molecule has 0 unspecified atom stereocenters. The number of hydrogen-bond donors (Lipinski definition) is 1. The average molecular weight is 359 g/mol. The van der Waals surface area contributed by atoms with Gasteiger partial charge in [0.1, 0.15) is 10.8 Å². The zero-order chi connectivity index (χ0) is 16.8. The van der Waals surface area contributed by atoms with Gasteiger partial charge in [-0.25, -0.2) is 4.39 Å². The Morgan fingerprint density at radius 1 is 1.08 bits per heavy atom. The van der Waals surface area contributed by atoms with Crippen LogP contribution in [-0.2, 0) is 4.79 Å². The minimum atomic E-state index is -0.261. The molecule has 1 amide bonds. The highest BCUT2D eigenvalue weighted by Gasteiger charge is 2.09. The molecular weight excluding hydrogens is 345 g/mol. The van der Waals surface area contributed by atoms with Crippen molar-refractivity contribution in [1.29, 1.82) is 0 Å². The molecule has 122 valence electrons. The summed E-state index contributed by atoms with van der Waals surface area (Å²) >= 11 is 2.85. The number of benzene rings is 2. The summed E-state index contributed by atoms with van der Waals surface area (Å²) in [5, 5.41) is 12.1. The fourth-order valence-corrected chi connectivity index (χ4v) is 3.56. The molecule has 0 spiro atoms. The van der Waals surface area contributed by atoms with Crippen LogP contribution in [0.5, 0.6) is 0 Å². The average Bonchev–Trinajstić information content (AvgIpc) is 3.06. The van der Waals surface area contributed by atoms with E-state index in [9.17, 15) is 9.18 Å². The Morgan fingerprint density at radius 2 is 1.83 bits per heavy atom. The monoisotopic (exact) mass is 359 g/mol. The Labute approximate surface area is 147 Å². The maximum absolute atomic E-state index is 12.8. The van der Waals surface area contributed by atoms with Crippen LogP contribution in [0.25, 0.3) is 10.6 Å². The van der Waals surface area contributed by atoms with Crippen LogP contribution in [0.3, 0.4) is 0 Å². The van der Waals surface area contributed by atoms with E-state index in [1.165, 1.54) is 35.2 Å². The van der Waals surface area contributed by atoms with Crippen LogP contribution in [0.1, 0.15) is 6.42 Å². The second kappa shape index (κ2) is 8.03. The van der Waals surface area contributed by atoms with Crippen LogP contribution >= 0.6 is 23.1 Å². The molecule has 1 N–H and O–H groups in total. The summed E-state index contributed by atoms with van der Waals surface area (Å²) in [7, 11) is 0. The number of aromatic nitrogens is 2. The third kappa shape index (κ3) is 4.62. The SMILES string of the molecule is O=C(CCSc1ccc(F)cc1)Nc1nnc(-c2ccccc2)s1. The molecule has 7 heteroatoms. The Balaban J connectivity index is 1.48. The molecule has 0 aliphatic carbocycles. The minimum Gasteiger partial charge on any atom is -0.300 e. The topological polar surface area (TPSA) is 54.9 Å². The van der Waals surface area contributed by atoms with E-state index in [1.54, 1.807) is 12.1 Å². The molecule has 0 bridgehead atoms. The van der Waals surface area contributed by atoms with E-state index in [4.69, 9.17) is 0 Å². The van der Waals surface area contributed by atoms with Gasteiger partial charge in [-0.1, -0.05) is 41.7 Å². The van der Waals surface area contributed by atoms with Crippen molar-refractivity contribution >= 4 is 34.1 Å². The second-order valence-electron chi connectivity index (χ2n) is 4.88. The number of amides is 1. The van der Waals surface area contributed by atoms with Gasteiger partial charge in [-0.2, -0.15) is 0 Å². The van der Waals surface area contributed by atoms with E-state index in [0.717, 1.165) is 15.5 Å². The van der Waals surface area contributed by atoms with Gasteiger partial charge in [-0.15, -0.1) is 22.0 Å². The van der Waals surface area contributed by atoms with Crippen LogP contribution in [0, 0.1) is 5.82 Å². The number of thioether (sulfide) groups is 1. The predicted octanol–water partition coefficient (Wildman–Crippen LogP) is 4.47. The van der Waals surface area contributed by atoms with Crippen LogP contribution in [0.15, 0.2) is 59.5 Å². The van der Waals surface area contributed by atoms with Crippen molar-refractivity contribution in [3.05, 3.63) is 60.4 Å². The lowest BCUT2D eigenvalue weighted by Crippen LogP contribution is -2.11. The van der Waals surface area contributed by atoms with Crippen LogP contribution in [0.4, 0.5) is 9.52 Å². The molecule has 0 saturated carbocycles. The smallest absolute Gasteiger partial charge is 0.227 e. The van der Waals surface area contributed by atoms with Gasteiger partial charge in [-0.3, -0.25) is 4.79 Å². The fraction of sp³-hybridized carbons (Fsp3) is 0.118. The van der Waals surface area contributed by atoms with E-state index in [2.05, 4.69) is 15.5 Å². The third-order valence-electron chi connectivity index (χ3n) is 3.10. The van der Waals surface area contributed by atoms with Gasteiger partial charge in [0.15, 0.2) is 0 Å². The number of nitrogens with one attached hydrogen (secondary N) is 1. The number of carbonyl (C=O) groups is 1. The molecule has 2 aromatic carbocycles. The number of nitrogens with zero attached hydrogens (tertiary/aromatic N) is 2. The number of carbonyl (C=O) groups excluding carboxylic acids is 1. The van der Waals surface area contributed by atoms with Gasteiger partial charge in [0.2, 0.25) is 11.0 Å². The van der Waals surface area contributed by atoms with E-state index < -0.39 is 0 Å². The number of rotatable bonds is 6. The second-order valence-corrected chi connectivity index (χ2v) is 7.02. The molecule has 24 heavy (non-hydrogen) atoms. The molecule has 3 aromatic rings. The minimum absolute atomic E-state index is 0.111. The standard InChI is InChI=1S/C17H14FN3OS2/c18-13-6-8-14(9-7-13)23-11-10-15(22)19-17-21-20-16(24-17)12-4-2-1-3-5-12/h1-9H,10-11H2,(H,19,21,22). The molecule has 0 saturated heterocycles. The van der Waals surface area contributed by atoms with E-state index in [-0.39, 0.29) is 11.7 Å². The normalized spacial score (nSPS) is 10.5. The van der Waals surface area contributed by atoms with Crippen molar-refractivity contribution < 1.29 is 9.18 Å². The highest BCUT2D eigenvalue weighted by Crippen LogP contribution is 2.26. The Bertz CT molecular complexity index is 806. The summed E-state index contributed by atoms with van der Waals surface area (Å²) in [5.41, 5.74) is 0.974. The number of anilines is 1. The lowest BCUT2D eigenvalue weighted by molar-refractivity contribution is -0.115. The quantitative estimate of drug-likeness (QED) is 0.660. The number of hydrogen-bond acceptors (Lipinski definition) is 5. The summed E-state index contributed by atoms with van der Waals surface area (Å²) in [6.45, 7) is 0. The van der Waals surface area contributed by atoms with Crippen molar-refractivity contribution in [3.8, 4) is 10.6 Å². The first-order valence-electron chi connectivity index (χ1n) is 7.28. The summed E-state index contributed by atoms with van der Waals surface area (Å²) in [5.74, 6) is 0.241. The lowest BCUT2D eigenvalue weighted by atomic mass is 10.2. The number of halogens is 1. The molecule has 3 rings (SSSR count). The molecule has 1 heterocycles. The van der Waals surface area contributed by atoms with Crippen molar-refractivity contribution in [3.63, 3.8) is 0 Å². The van der Waals surface area contributed by atoms with E-state index >= 15 is 0 Å². The van der Waals surface area contributed by atoms with Gasteiger partial charge in [-0.05, 0) is 24.3 Å². The third-order valence-corrected chi connectivity index (χ3v) is 5.01. The predicted molar refractivity (Wildman–Crippen MR) is 95.7 cm³/mol. The maximum Gasteiger partial charge on any atom is 0.227 e. The fourth-order valence-electron chi connectivity index (χ4n) is 1.95. The van der Waals surface area contributed by atoms with Crippen molar-refractivity contribution in [2.75, 3.05) is 11.1 Å². The van der Waals surface area contributed by atoms with Gasteiger partial charge < -0.3 is 5.32 Å². The molecular formula is C17H14FN3OS2. The maximum atomic E-state index is 12.8. The molecule has 0 aliphatic heterocycles. The van der Waals surface area contributed by atoms with E-state index in [1.807, 2.05) is 30.3 Å². The molecule has 0 atom stereocenters. The molecule has 4 nitrogen and oxygen atoms in total. The van der Waals surface area contributed by atoms with Crippen LogP contribution in [0.2, 0.25) is 0 Å². The van der Waals surface area contributed by atoms with Crippen LogP contribution in [-0.4, -0.2) is 21.9 Å². The van der Waals surface area contributed by atoms with Crippen LogP contribution < -0.4 is 5.32 Å². The lowest BCUT2D eigenvalue weighted by Gasteiger charge is -2.02. The first-order valence-corrected chi connectivity index (χ1v) is 9.08. The zero-order valence-corrected chi connectivity index (χ0v) is 14.2. The van der Waals surface area contributed by atoms with Gasteiger partial charge in [0.05, 0.1) is 0 Å². The molecule has 0 radical (unpaired) electrons. The molecule has 0 aliphatic rings. The van der Waals surface area contributed by atoms with Gasteiger partial charge in [0, 0.05) is 22.6 Å². The summed E-state index contributed by atoms with van der Waals surface area (Å²) in [6.07, 6.45) is 0.349. The van der Waals surface area contributed by atoms with Crippen molar-refractivity contribution in [2.45, 2.75) is 11.3 Å². The molecule has 1 aromatic heterocycles. The summed E-state index contributed by atoms with van der Waals surface area (Å²) in [4.78, 5) is 12.9. The Hall–Kier alpha value is -2.25. The Kier molecular flexibility index (Phi) is 5.55. The van der Waals surface area contributed by atoms with Crippen molar-refractivity contribution in [1.82, 2.24) is 10.2 Å². The summed E-state index contributed by atoms with van der Waals surface area (Å²) < 4.78 is 12.8. The zero-order valence-electron chi connectivity index (χ0n) is 12.6. The van der Waals surface area contributed by atoms with Gasteiger partial charge >= 0.3 is 0 Å². The first-order chi connectivity index (χ1) is 11.7. The highest BCUT2D eigenvalue weighted by atomic mass is 32.2. The largest absolute Gasteiger partial charge is 0.300 e. The van der Waals surface area contributed by atoms with Gasteiger partial charge in [0.25, 0.3) is 0 Å².